The molecule has 1 fully saturated rings. The monoisotopic (exact) mass is 850 g/mol. The van der Waals surface area contributed by atoms with E-state index < -0.39 is 23.1 Å². The number of hydrogen-bond donors (Lipinski definition) is 0. The highest BCUT2D eigenvalue weighted by molar-refractivity contribution is 14.1. The molecule has 1 saturated carbocycles. The van der Waals surface area contributed by atoms with Gasteiger partial charge in [0.2, 0.25) is 11.8 Å². The predicted octanol–water partition coefficient (Wildman–Crippen LogP) is 8.66. The molecule has 270 valence electrons. The highest BCUT2D eigenvalue weighted by atomic mass is 127. The van der Waals surface area contributed by atoms with Gasteiger partial charge in [0.25, 0.3) is 0 Å². The second-order valence-electron chi connectivity index (χ2n) is 13.1. The Kier molecular flexibility index (Phi) is 12.0. The van der Waals surface area contributed by atoms with Gasteiger partial charge in [-0.05, 0) is 145 Å². The highest BCUT2D eigenvalue weighted by Gasteiger charge is 2.35. The molecule has 0 N–H and O–H groups in total. The van der Waals surface area contributed by atoms with E-state index >= 15 is 0 Å². The van der Waals surface area contributed by atoms with Crippen LogP contribution in [0, 0.1) is 17.4 Å². The molecule has 9 rings (SSSR count). The molecule has 0 spiro atoms. The highest BCUT2D eigenvalue weighted by Crippen LogP contribution is 2.46. The summed E-state index contributed by atoms with van der Waals surface area (Å²) >= 11 is 0.872. The second-order valence-corrected chi connectivity index (χ2v) is 14.6. The average Bonchev–Trinajstić information content (AvgIpc) is 3.44. The molecule has 2 aliphatic heterocycles. The van der Waals surface area contributed by atoms with Gasteiger partial charge in [-0.2, -0.15) is 16.8 Å². The van der Waals surface area contributed by atoms with Crippen molar-refractivity contribution >= 4 is 79.3 Å². The van der Waals surface area contributed by atoms with Crippen LogP contribution in [0.25, 0.3) is 22.2 Å². The number of fused-ring (bicyclic) bond motifs is 4. The molecule has 2 aromatic heterocycles. The smallest absolute Gasteiger partial charge is 0.335 e. The van der Waals surface area contributed by atoms with Crippen LogP contribution in [-0.2, 0) is 36.0 Å². The zero-order chi connectivity index (χ0) is 36.9. The summed E-state index contributed by atoms with van der Waals surface area (Å²) in [6, 6.07) is 26.5. The zero-order valence-electron chi connectivity index (χ0n) is 29.3. The second kappa shape index (κ2) is 16.6. The van der Waals surface area contributed by atoms with Crippen molar-refractivity contribution in [1.29, 1.82) is 0 Å². The minimum atomic E-state index is -0.750. The lowest BCUT2D eigenvalue weighted by atomic mass is 10.0. The summed E-state index contributed by atoms with van der Waals surface area (Å²) in [5, 5.41) is 0. The van der Waals surface area contributed by atoms with E-state index in [1.54, 1.807) is 0 Å². The molecule has 0 amide bonds. The summed E-state index contributed by atoms with van der Waals surface area (Å²) in [6.45, 7) is 10.5. The van der Waals surface area contributed by atoms with Gasteiger partial charge in [-0.1, -0.05) is 24.3 Å². The Morgan fingerprint density at radius 2 is 1.13 bits per heavy atom. The van der Waals surface area contributed by atoms with E-state index in [2.05, 4.69) is 121 Å². The lowest BCUT2D eigenvalue weighted by Crippen LogP contribution is -2.24. The SMILES string of the molecule is CCN1c2ccc(C3CC3)cc2CC1c1nc2cc(C)ccc2o1.CCN1c2ccc(I)cc2CC1c1nc2cc(C)ccc2o1.O=S=O.O=S=O. The first kappa shape index (κ1) is 37.5. The number of aryl methyl sites for hydroxylation is 2. The lowest BCUT2D eigenvalue weighted by Gasteiger charge is -2.23. The van der Waals surface area contributed by atoms with Gasteiger partial charge in [-0.3, -0.25) is 0 Å². The minimum Gasteiger partial charge on any atom is -0.438 e. The maximum Gasteiger partial charge on any atom is 0.335 e. The van der Waals surface area contributed by atoms with Gasteiger partial charge in [-0.15, -0.1) is 0 Å². The maximum absolute atomic E-state index is 8.29. The van der Waals surface area contributed by atoms with Crippen LogP contribution in [0.5, 0.6) is 0 Å². The van der Waals surface area contributed by atoms with Gasteiger partial charge >= 0.3 is 23.1 Å². The third kappa shape index (κ3) is 8.06. The Morgan fingerprint density at radius 3 is 1.60 bits per heavy atom. The molecule has 13 heteroatoms. The van der Waals surface area contributed by atoms with Crippen LogP contribution in [0.4, 0.5) is 11.4 Å². The van der Waals surface area contributed by atoms with Gasteiger partial charge in [0.1, 0.15) is 23.1 Å². The number of benzene rings is 4. The molecule has 4 heterocycles. The van der Waals surface area contributed by atoms with Crippen LogP contribution in [0.15, 0.2) is 81.6 Å². The third-order valence-corrected chi connectivity index (χ3v) is 10.4. The summed E-state index contributed by atoms with van der Waals surface area (Å²) in [4.78, 5) is 14.4. The largest absolute Gasteiger partial charge is 0.438 e. The Labute approximate surface area is 323 Å². The van der Waals surface area contributed by atoms with Crippen molar-refractivity contribution < 1.29 is 25.7 Å². The van der Waals surface area contributed by atoms with Crippen molar-refractivity contribution in [1.82, 2.24) is 9.97 Å². The van der Waals surface area contributed by atoms with E-state index in [1.165, 1.54) is 55.6 Å². The van der Waals surface area contributed by atoms with E-state index in [0.29, 0.717) is 0 Å². The predicted molar refractivity (Wildman–Crippen MR) is 212 cm³/mol. The Hall–Kier alpha value is -4.21. The Bertz CT molecular complexity index is 2280. The zero-order valence-corrected chi connectivity index (χ0v) is 33.1. The number of aromatic nitrogens is 2. The maximum atomic E-state index is 8.29. The number of anilines is 2. The molecule has 0 saturated heterocycles. The Balaban J connectivity index is 0.000000156. The number of likely N-dealkylation sites (N-methyl/N-ethyl adjacent to an activating group) is 2. The van der Waals surface area contributed by atoms with Crippen LogP contribution in [0.3, 0.4) is 0 Å². The normalized spacial score (nSPS) is 16.9. The minimum absolute atomic E-state index is 0.200. The van der Waals surface area contributed by atoms with E-state index in [0.717, 1.165) is 65.8 Å². The molecular formula is C39H39IN4O6S2. The fourth-order valence-electron chi connectivity index (χ4n) is 7.31. The van der Waals surface area contributed by atoms with E-state index in [9.17, 15) is 0 Å². The number of halogens is 1. The first-order valence-corrected chi connectivity index (χ1v) is 19.6. The summed E-state index contributed by atoms with van der Waals surface area (Å²) < 4.78 is 46.6. The number of oxazole rings is 2. The summed E-state index contributed by atoms with van der Waals surface area (Å²) in [6.07, 6.45) is 4.66. The quantitative estimate of drug-likeness (QED) is 0.156. The van der Waals surface area contributed by atoms with Crippen molar-refractivity contribution in [3.63, 3.8) is 0 Å². The molecular weight excluding hydrogens is 811 g/mol. The van der Waals surface area contributed by atoms with Crippen molar-refractivity contribution in [2.45, 2.75) is 71.4 Å². The van der Waals surface area contributed by atoms with Gasteiger partial charge in [0.05, 0.1) is 0 Å². The van der Waals surface area contributed by atoms with E-state index in [4.69, 9.17) is 35.6 Å². The van der Waals surface area contributed by atoms with E-state index in [-0.39, 0.29) is 12.1 Å². The molecule has 10 nitrogen and oxygen atoms in total. The first-order valence-electron chi connectivity index (χ1n) is 17.2. The number of nitrogens with zero attached hydrogens (tertiary/aromatic N) is 4. The fraction of sp³-hybridized carbons (Fsp3) is 0.333. The molecule has 1 aliphatic carbocycles. The molecule has 0 bridgehead atoms. The fourth-order valence-corrected chi connectivity index (χ4v) is 7.86. The van der Waals surface area contributed by atoms with Gasteiger partial charge in [0, 0.05) is 40.9 Å². The molecule has 2 unspecified atom stereocenters. The van der Waals surface area contributed by atoms with Crippen molar-refractivity contribution in [3.8, 4) is 0 Å². The summed E-state index contributed by atoms with van der Waals surface area (Å²) in [7, 11) is 0. The molecule has 6 aromatic rings. The first-order chi connectivity index (χ1) is 25.2. The van der Waals surface area contributed by atoms with Gasteiger partial charge < -0.3 is 18.6 Å². The number of hydrogen-bond acceptors (Lipinski definition) is 10. The van der Waals surface area contributed by atoms with Crippen LogP contribution in [0.1, 0.15) is 84.3 Å². The van der Waals surface area contributed by atoms with Crippen LogP contribution in [-0.4, -0.2) is 39.9 Å². The lowest BCUT2D eigenvalue weighted by molar-refractivity contribution is 0.466. The molecule has 52 heavy (non-hydrogen) atoms. The van der Waals surface area contributed by atoms with Crippen molar-refractivity contribution in [3.05, 3.63) is 116 Å². The summed E-state index contributed by atoms with van der Waals surface area (Å²) in [5.74, 6) is 2.48. The van der Waals surface area contributed by atoms with Crippen LogP contribution < -0.4 is 9.80 Å². The Morgan fingerprint density at radius 1 is 0.673 bits per heavy atom. The van der Waals surface area contributed by atoms with E-state index in [1.807, 2.05) is 12.1 Å². The molecule has 2 atom stereocenters. The van der Waals surface area contributed by atoms with Crippen LogP contribution >= 0.6 is 22.6 Å². The van der Waals surface area contributed by atoms with Crippen molar-refractivity contribution in [2.24, 2.45) is 0 Å². The topological polar surface area (TPSA) is 127 Å². The average molecular weight is 851 g/mol. The van der Waals surface area contributed by atoms with Gasteiger partial charge in [-0.25, -0.2) is 9.97 Å². The number of rotatable bonds is 5. The van der Waals surface area contributed by atoms with Crippen LogP contribution in [0.2, 0.25) is 0 Å². The standard InChI is InChI=1S/C21H22N2O.C18H17IN2O.2O2S/c1-3-23-18-8-7-15(14-5-6-14)11-16(18)12-19(23)21-22-17-10-13(2)4-9-20(17)24-21;1-3-21-15-6-5-13(19)9-12(15)10-16(21)18-20-14-8-11(2)4-7-17(14)22-18;2*1-3-2/h4,7-11,14,19H,3,5-6,12H2,1-2H3;4-9,16H,3,10H2,1-2H3;;. The molecule has 3 aliphatic rings. The molecule has 4 aromatic carbocycles. The third-order valence-electron chi connectivity index (χ3n) is 9.76. The molecule has 0 radical (unpaired) electrons. The van der Waals surface area contributed by atoms with Gasteiger partial charge in [0.15, 0.2) is 11.2 Å². The van der Waals surface area contributed by atoms with Crippen molar-refractivity contribution in [2.75, 3.05) is 22.9 Å². The summed E-state index contributed by atoms with van der Waals surface area (Å²) in [5.41, 5.74) is 13.1.